The molecule has 1 aromatic carbocycles. The summed E-state index contributed by atoms with van der Waals surface area (Å²) in [5.74, 6) is 0.138. The highest BCUT2D eigenvalue weighted by molar-refractivity contribution is 5.98. The normalized spacial score (nSPS) is 19.9. The third-order valence-corrected chi connectivity index (χ3v) is 7.42. The van der Waals surface area contributed by atoms with Crippen molar-refractivity contribution in [2.45, 2.75) is 99.1 Å². The van der Waals surface area contributed by atoms with Crippen LogP contribution in [0.5, 0.6) is 0 Å². The van der Waals surface area contributed by atoms with E-state index in [1.54, 1.807) is 19.2 Å². The van der Waals surface area contributed by atoms with E-state index in [-0.39, 0.29) is 23.5 Å². The Kier molecular flexibility index (Phi) is 10.0. The van der Waals surface area contributed by atoms with E-state index in [1.807, 2.05) is 31.9 Å². The number of nitriles is 1. The van der Waals surface area contributed by atoms with Crippen LogP contribution in [0.3, 0.4) is 0 Å². The average molecular weight is 567 g/mol. The summed E-state index contributed by atoms with van der Waals surface area (Å²) in [5.41, 5.74) is 9.85. The molecule has 1 aromatic heterocycles. The molecule has 1 aliphatic rings. The molecule has 1 aliphatic heterocycles. The van der Waals surface area contributed by atoms with E-state index < -0.39 is 5.60 Å². The van der Waals surface area contributed by atoms with Gasteiger partial charge in [0.05, 0.1) is 5.52 Å². The largest absolute Gasteiger partial charge is 0.444 e. The summed E-state index contributed by atoms with van der Waals surface area (Å²) in [6.45, 7) is 25.0. The summed E-state index contributed by atoms with van der Waals surface area (Å²) in [6, 6.07) is 6.42. The zero-order valence-electron chi connectivity index (χ0n) is 27.1. The van der Waals surface area contributed by atoms with Gasteiger partial charge < -0.3 is 9.64 Å². The number of aromatic nitrogens is 1. The molecule has 0 bridgehead atoms. The van der Waals surface area contributed by atoms with Gasteiger partial charge in [-0.1, -0.05) is 40.3 Å². The van der Waals surface area contributed by atoms with Gasteiger partial charge in [-0.25, -0.2) is 4.79 Å². The maximum atomic E-state index is 13.0. The highest BCUT2D eigenvalue weighted by Gasteiger charge is 2.30. The van der Waals surface area contributed by atoms with Crippen LogP contribution in [0.25, 0.3) is 22.0 Å². The van der Waals surface area contributed by atoms with Gasteiger partial charge in [-0.3, -0.25) is 9.98 Å². The number of carbonyl (C=O) groups is 1. The lowest BCUT2D eigenvalue weighted by atomic mass is 9.79. The van der Waals surface area contributed by atoms with Gasteiger partial charge in [0.25, 0.3) is 0 Å². The van der Waals surface area contributed by atoms with Crippen LogP contribution in [-0.4, -0.2) is 40.4 Å². The second-order valence-corrected chi connectivity index (χ2v) is 13.3. The Morgan fingerprint density at radius 3 is 2.48 bits per heavy atom. The van der Waals surface area contributed by atoms with E-state index >= 15 is 0 Å². The Morgan fingerprint density at radius 1 is 1.21 bits per heavy atom. The number of amides is 1. The number of allylic oxidation sites excluding steroid dienone is 4. The third-order valence-electron chi connectivity index (χ3n) is 7.42. The van der Waals surface area contributed by atoms with Gasteiger partial charge in [-0.05, 0) is 112 Å². The first-order valence-corrected chi connectivity index (χ1v) is 14.7. The number of fused-ring (bicyclic) bond motifs is 1. The predicted octanol–water partition coefficient (Wildman–Crippen LogP) is 8.95. The molecule has 42 heavy (non-hydrogen) atoms. The van der Waals surface area contributed by atoms with Crippen LogP contribution in [0.1, 0.15) is 97.4 Å². The Hall–Kier alpha value is -3.94. The maximum absolute atomic E-state index is 13.0. The van der Waals surface area contributed by atoms with E-state index in [9.17, 15) is 10.1 Å². The van der Waals surface area contributed by atoms with Crippen LogP contribution in [-0.2, 0) is 10.2 Å². The first kappa shape index (κ1) is 32.6. The molecule has 222 valence electrons. The number of ether oxygens (including phenoxy) is 1. The van der Waals surface area contributed by atoms with Gasteiger partial charge in [0.1, 0.15) is 17.4 Å². The lowest BCUT2D eigenvalue weighted by Gasteiger charge is -2.35. The van der Waals surface area contributed by atoms with Crippen LogP contribution in [0, 0.1) is 24.2 Å². The Balaban J connectivity index is 2.21. The standard InChI is InChI=1S/C36H46N4O2/c1-12-26(17-29(20-37)38-13-2)28-18-30(35(6,7)8)33-31(19-28)39-21-24(4)32(33)27-15-14-25(5)40(22-23(3)16-27)34(41)42-36(9,10)11/h13,16-19,21,23,25H,1,14-15,22H2,2-11H3/b27-16-,29-17-,38-13-/t23-,25-/m1/s1. The van der Waals surface area contributed by atoms with Crippen molar-refractivity contribution >= 4 is 34.4 Å². The van der Waals surface area contributed by atoms with Crippen LogP contribution >= 0.6 is 0 Å². The number of aryl methyl sites for hydroxylation is 1. The molecule has 0 saturated carbocycles. The van der Waals surface area contributed by atoms with E-state index in [2.05, 4.69) is 83.1 Å². The zero-order valence-corrected chi connectivity index (χ0v) is 27.1. The number of hydrogen-bond donors (Lipinski definition) is 0. The quantitative estimate of drug-likeness (QED) is 0.160. The molecule has 0 unspecified atom stereocenters. The number of aliphatic imine (C=N–C) groups is 1. The van der Waals surface area contributed by atoms with Crippen molar-refractivity contribution in [1.82, 2.24) is 9.88 Å². The SMILES string of the molecule is C=C=C(/C=C(C#N)\N=C/C)c1cc(C(C)(C)C)c2c(/C3=C\[C@@H](C)CN(C(=O)OC(C)(C)C)[C@H](C)CC3)c(C)cnc2c1. The van der Waals surface area contributed by atoms with Gasteiger partial charge in [-0.2, -0.15) is 5.26 Å². The minimum Gasteiger partial charge on any atom is -0.444 e. The molecule has 2 aromatic rings. The third kappa shape index (κ3) is 7.66. The predicted molar refractivity (Wildman–Crippen MR) is 174 cm³/mol. The molecule has 2 heterocycles. The second-order valence-electron chi connectivity index (χ2n) is 13.3. The van der Waals surface area contributed by atoms with Gasteiger partial charge in [0, 0.05) is 36.0 Å². The molecule has 0 radical (unpaired) electrons. The van der Waals surface area contributed by atoms with Crippen molar-refractivity contribution in [2.75, 3.05) is 6.54 Å². The number of rotatable bonds is 4. The lowest BCUT2D eigenvalue weighted by Crippen LogP contribution is -2.44. The van der Waals surface area contributed by atoms with Gasteiger partial charge >= 0.3 is 6.09 Å². The van der Waals surface area contributed by atoms with Crippen molar-refractivity contribution in [1.29, 1.82) is 5.26 Å². The van der Waals surface area contributed by atoms with Crippen molar-refractivity contribution in [3.63, 3.8) is 0 Å². The average Bonchev–Trinajstić information content (AvgIpc) is 2.89. The summed E-state index contributed by atoms with van der Waals surface area (Å²) in [5, 5.41) is 10.7. The molecule has 2 atom stereocenters. The van der Waals surface area contributed by atoms with Crippen molar-refractivity contribution < 1.29 is 9.53 Å². The minimum absolute atomic E-state index is 0.0419. The monoisotopic (exact) mass is 566 g/mol. The van der Waals surface area contributed by atoms with E-state index in [0.717, 1.165) is 34.9 Å². The van der Waals surface area contributed by atoms with Gasteiger partial charge in [-0.15, -0.1) is 5.73 Å². The van der Waals surface area contributed by atoms with E-state index in [4.69, 9.17) is 9.72 Å². The second kappa shape index (κ2) is 12.9. The number of carbonyl (C=O) groups excluding carboxylic acids is 1. The Bertz CT molecular complexity index is 1530. The highest BCUT2D eigenvalue weighted by Crippen LogP contribution is 2.40. The molecule has 0 aliphatic carbocycles. The number of nitrogens with zero attached hydrogens (tertiary/aromatic N) is 4. The fourth-order valence-electron chi connectivity index (χ4n) is 5.46. The molecule has 0 fully saturated rings. The molecule has 6 nitrogen and oxygen atoms in total. The minimum atomic E-state index is -0.533. The van der Waals surface area contributed by atoms with Crippen LogP contribution in [0.15, 0.2) is 53.5 Å². The number of hydrogen-bond acceptors (Lipinski definition) is 5. The zero-order chi connectivity index (χ0) is 31.4. The van der Waals surface area contributed by atoms with Crippen LogP contribution < -0.4 is 0 Å². The molecular weight excluding hydrogens is 520 g/mol. The van der Waals surface area contributed by atoms with E-state index in [1.165, 1.54) is 16.7 Å². The fraction of sp³-hybridized carbons (Fsp3) is 0.472. The van der Waals surface area contributed by atoms with Crippen LogP contribution in [0.4, 0.5) is 4.79 Å². The highest BCUT2D eigenvalue weighted by atomic mass is 16.6. The first-order chi connectivity index (χ1) is 19.6. The topological polar surface area (TPSA) is 78.6 Å². The lowest BCUT2D eigenvalue weighted by molar-refractivity contribution is 0.0148. The van der Waals surface area contributed by atoms with Crippen molar-refractivity contribution in [2.24, 2.45) is 10.9 Å². The smallest absolute Gasteiger partial charge is 0.410 e. The number of benzene rings is 1. The molecular formula is C36H46N4O2. The summed E-state index contributed by atoms with van der Waals surface area (Å²) in [4.78, 5) is 24.0. The molecule has 0 saturated heterocycles. The fourth-order valence-corrected chi connectivity index (χ4v) is 5.46. The molecule has 0 spiro atoms. The summed E-state index contributed by atoms with van der Waals surface area (Å²) in [7, 11) is 0. The molecule has 1 amide bonds. The first-order valence-electron chi connectivity index (χ1n) is 14.7. The van der Waals surface area contributed by atoms with E-state index in [0.29, 0.717) is 17.8 Å². The Morgan fingerprint density at radius 2 is 1.90 bits per heavy atom. The van der Waals surface area contributed by atoms with Gasteiger partial charge in [0.2, 0.25) is 0 Å². The molecule has 3 rings (SSSR count). The Labute approximate surface area is 252 Å². The van der Waals surface area contributed by atoms with Crippen LogP contribution in [0.2, 0.25) is 0 Å². The molecule has 6 heteroatoms. The maximum Gasteiger partial charge on any atom is 0.410 e. The summed E-state index contributed by atoms with van der Waals surface area (Å²) >= 11 is 0. The summed E-state index contributed by atoms with van der Waals surface area (Å²) in [6.07, 6.45) is 8.99. The molecule has 0 N–H and O–H groups in total. The number of pyridine rings is 1. The van der Waals surface area contributed by atoms with Crippen molar-refractivity contribution in [3.8, 4) is 6.07 Å². The van der Waals surface area contributed by atoms with Gasteiger partial charge in [0.15, 0.2) is 0 Å². The van der Waals surface area contributed by atoms with Crippen molar-refractivity contribution in [3.05, 3.63) is 70.7 Å². The summed E-state index contributed by atoms with van der Waals surface area (Å²) < 4.78 is 5.74.